The Kier molecular flexibility index (Phi) is 4.81. The number of rotatable bonds is 1. The summed E-state index contributed by atoms with van der Waals surface area (Å²) < 4.78 is 11.8. The highest BCUT2D eigenvalue weighted by Gasteiger charge is 2.51. The molecule has 2 heteroatoms. The van der Waals surface area contributed by atoms with Crippen LogP contribution in [-0.4, -0.2) is 18.5 Å². The first kappa shape index (κ1) is 14.0. The molecule has 0 aromatic carbocycles. The monoisotopic (exact) mass is 228 g/mol. The highest BCUT2D eigenvalue weighted by molar-refractivity contribution is 4.92. The summed E-state index contributed by atoms with van der Waals surface area (Å²) in [6, 6.07) is 0. The van der Waals surface area contributed by atoms with Gasteiger partial charge in [-0.1, -0.05) is 27.7 Å². The summed E-state index contributed by atoms with van der Waals surface area (Å²) in [4.78, 5) is 0. The van der Waals surface area contributed by atoms with Crippen molar-refractivity contribution in [3.05, 3.63) is 0 Å². The van der Waals surface area contributed by atoms with E-state index in [2.05, 4.69) is 27.7 Å². The van der Waals surface area contributed by atoms with Crippen molar-refractivity contribution in [1.29, 1.82) is 0 Å². The van der Waals surface area contributed by atoms with Crippen molar-refractivity contribution in [2.45, 2.75) is 66.3 Å². The highest BCUT2D eigenvalue weighted by Crippen LogP contribution is 2.47. The molecule has 0 radical (unpaired) electrons. The minimum absolute atomic E-state index is 0.285. The topological polar surface area (TPSA) is 18.5 Å². The summed E-state index contributed by atoms with van der Waals surface area (Å²) in [6.07, 6.45) is 2.81. The van der Waals surface area contributed by atoms with Crippen LogP contribution >= 0.6 is 0 Å². The third kappa shape index (κ3) is 2.60. The van der Waals surface area contributed by atoms with Gasteiger partial charge in [0.2, 0.25) is 0 Å². The second kappa shape index (κ2) is 5.50. The molecule has 0 aromatic heterocycles. The molecule has 0 aliphatic carbocycles. The van der Waals surface area contributed by atoms with Gasteiger partial charge in [-0.3, -0.25) is 0 Å². The molecule has 2 nitrogen and oxygen atoms in total. The summed E-state index contributed by atoms with van der Waals surface area (Å²) in [5.41, 5.74) is 0. The van der Waals surface area contributed by atoms with Crippen molar-refractivity contribution in [3.63, 3.8) is 0 Å². The standard InChI is InChI=1S/C12H22O2.C2H6/c1-8(2)10-7-13-12(4)11(10)6-5-9(3)14-12;1-2/h8-11H,5-7H2,1-4H3;1-2H3. The van der Waals surface area contributed by atoms with Crippen molar-refractivity contribution < 1.29 is 9.47 Å². The fraction of sp³-hybridized carbons (Fsp3) is 1.00. The molecular weight excluding hydrogens is 200 g/mol. The van der Waals surface area contributed by atoms with E-state index in [9.17, 15) is 0 Å². The Hall–Kier alpha value is -0.0800. The van der Waals surface area contributed by atoms with Crippen LogP contribution in [0.3, 0.4) is 0 Å². The van der Waals surface area contributed by atoms with Crippen LogP contribution in [0.4, 0.5) is 0 Å². The van der Waals surface area contributed by atoms with Gasteiger partial charge in [0, 0.05) is 5.92 Å². The average Bonchev–Trinajstić information content (AvgIpc) is 2.57. The van der Waals surface area contributed by atoms with Crippen molar-refractivity contribution in [2.75, 3.05) is 6.61 Å². The molecule has 96 valence electrons. The summed E-state index contributed by atoms with van der Waals surface area (Å²) in [7, 11) is 0. The number of hydrogen-bond acceptors (Lipinski definition) is 2. The third-order valence-corrected chi connectivity index (χ3v) is 3.93. The van der Waals surface area contributed by atoms with E-state index < -0.39 is 0 Å². The van der Waals surface area contributed by atoms with Crippen LogP contribution in [0.5, 0.6) is 0 Å². The van der Waals surface area contributed by atoms with Gasteiger partial charge in [-0.05, 0) is 38.5 Å². The van der Waals surface area contributed by atoms with E-state index >= 15 is 0 Å². The average molecular weight is 228 g/mol. The summed E-state index contributed by atoms with van der Waals surface area (Å²) >= 11 is 0. The molecule has 2 fully saturated rings. The Labute approximate surface area is 101 Å². The second-order valence-corrected chi connectivity index (χ2v) is 5.35. The first-order valence-electron chi connectivity index (χ1n) is 6.84. The number of hydrogen-bond donors (Lipinski definition) is 0. The highest BCUT2D eigenvalue weighted by atomic mass is 16.7. The molecule has 0 N–H and O–H groups in total. The normalized spacial score (nSPS) is 42.6. The molecule has 2 saturated heterocycles. The van der Waals surface area contributed by atoms with Crippen LogP contribution in [0, 0.1) is 17.8 Å². The first-order valence-corrected chi connectivity index (χ1v) is 6.84. The second-order valence-electron chi connectivity index (χ2n) is 5.35. The minimum atomic E-state index is -0.285. The van der Waals surface area contributed by atoms with E-state index in [1.807, 2.05) is 13.8 Å². The zero-order valence-corrected chi connectivity index (χ0v) is 11.7. The molecule has 4 unspecified atom stereocenters. The molecule has 2 aliphatic rings. The zero-order chi connectivity index (χ0) is 12.3. The zero-order valence-electron chi connectivity index (χ0n) is 11.7. The maximum atomic E-state index is 5.96. The van der Waals surface area contributed by atoms with Crippen molar-refractivity contribution >= 4 is 0 Å². The van der Waals surface area contributed by atoms with Crippen molar-refractivity contribution in [1.82, 2.24) is 0 Å². The van der Waals surface area contributed by atoms with Gasteiger partial charge < -0.3 is 9.47 Å². The van der Waals surface area contributed by atoms with Crippen LogP contribution in [0.1, 0.15) is 54.4 Å². The van der Waals surface area contributed by atoms with Gasteiger partial charge in [0.25, 0.3) is 0 Å². The van der Waals surface area contributed by atoms with Gasteiger partial charge in [-0.25, -0.2) is 0 Å². The molecule has 0 bridgehead atoms. The fourth-order valence-electron chi connectivity index (χ4n) is 3.00. The summed E-state index contributed by atoms with van der Waals surface area (Å²) in [6.45, 7) is 13.7. The van der Waals surface area contributed by atoms with Crippen molar-refractivity contribution in [2.24, 2.45) is 17.8 Å². The van der Waals surface area contributed by atoms with Crippen LogP contribution < -0.4 is 0 Å². The third-order valence-electron chi connectivity index (χ3n) is 3.93. The molecule has 2 heterocycles. The SMILES string of the molecule is CC.CC1CCC2C(C(C)C)COC2(C)O1. The lowest BCUT2D eigenvalue weighted by atomic mass is 9.77. The maximum absolute atomic E-state index is 5.96. The molecule has 0 aromatic rings. The van der Waals surface area contributed by atoms with Gasteiger partial charge in [0.15, 0.2) is 5.79 Å². The first-order chi connectivity index (χ1) is 7.53. The van der Waals surface area contributed by atoms with Gasteiger partial charge in [-0.2, -0.15) is 0 Å². The predicted molar refractivity (Wildman–Crippen MR) is 67.3 cm³/mol. The van der Waals surface area contributed by atoms with E-state index in [1.165, 1.54) is 12.8 Å². The van der Waals surface area contributed by atoms with Crippen molar-refractivity contribution in [3.8, 4) is 0 Å². The van der Waals surface area contributed by atoms with Gasteiger partial charge in [0.1, 0.15) is 0 Å². The molecule has 0 spiro atoms. The van der Waals surface area contributed by atoms with Crippen LogP contribution in [0.25, 0.3) is 0 Å². The molecule has 2 rings (SSSR count). The molecule has 4 atom stereocenters. The lowest BCUT2D eigenvalue weighted by Crippen LogP contribution is -2.44. The molecule has 2 aliphatic heterocycles. The quantitative estimate of drug-likeness (QED) is 0.678. The molecular formula is C14H28O2. The molecule has 0 saturated carbocycles. The predicted octanol–water partition coefficient (Wildman–Crippen LogP) is 3.85. The Morgan fingerprint density at radius 1 is 1.19 bits per heavy atom. The van der Waals surface area contributed by atoms with E-state index in [-0.39, 0.29) is 5.79 Å². The van der Waals surface area contributed by atoms with Crippen LogP contribution in [0.2, 0.25) is 0 Å². The van der Waals surface area contributed by atoms with E-state index in [4.69, 9.17) is 9.47 Å². The smallest absolute Gasteiger partial charge is 0.169 e. The maximum Gasteiger partial charge on any atom is 0.169 e. The Morgan fingerprint density at radius 3 is 2.38 bits per heavy atom. The van der Waals surface area contributed by atoms with Gasteiger partial charge in [0.05, 0.1) is 12.7 Å². The van der Waals surface area contributed by atoms with Gasteiger partial charge >= 0.3 is 0 Å². The van der Waals surface area contributed by atoms with Gasteiger partial charge in [-0.15, -0.1) is 0 Å². The molecule has 0 amide bonds. The largest absolute Gasteiger partial charge is 0.350 e. The Balaban J connectivity index is 0.000000606. The van der Waals surface area contributed by atoms with Crippen LogP contribution in [-0.2, 0) is 9.47 Å². The summed E-state index contributed by atoms with van der Waals surface area (Å²) in [5.74, 6) is 1.72. The lowest BCUT2D eigenvalue weighted by molar-refractivity contribution is -0.260. The Morgan fingerprint density at radius 2 is 1.81 bits per heavy atom. The van der Waals surface area contributed by atoms with E-state index in [1.54, 1.807) is 0 Å². The van der Waals surface area contributed by atoms with Crippen LogP contribution in [0.15, 0.2) is 0 Å². The Bertz CT molecular complexity index is 215. The lowest BCUT2D eigenvalue weighted by Gasteiger charge is -2.40. The minimum Gasteiger partial charge on any atom is -0.350 e. The number of ether oxygens (including phenoxy) is 2. The van der Waals surface area contributed by atoms with E-state index in [0.717, 1.165) is 6.61 Å². The molecule has 16 heavy (non-hydrogen) atoms. The number of fused-ring (bicyclic) bond motifs is 1. The summed E-state index contributed by atoms with van der Waals surface area (Å²) in [5, 5.41) is 0. The fourth-order valence-corrected chi connectivity index (χ4v) is 3.00. The van der Waals surface area contributed by atoms with E-state index in [0.29, 0.717) is 23.9 Å².